The number of carbonyl (C=O) groups excluding carboxylic acids is 2. The van der Waals surface area contributed by atoms with Gasteiger partial charge in [0.15, 0.2) is 0 Å². The highest BCUT2D eigenvalue weighted by Crippen LogP contribution is 2.23. The Balaban J connectivity index is 2.44. The Kier molecular flexibility index (Phi) is 6.17. The first-order chi connectivity index (χ1) is 10.00. The van der Waals surface area contributed by atoms with E-state index in [2.05, 4.69) is 47.3 Å². The number of nitrogens with one attached hydrogen (secondary N) is 2. The SMILES string of the molecule is CC(C)(Br)C(=O)NCCC(=O)Nc1ccc(C(C)(C)C)cc1. The molecule has 1 aromatic carbocycles. The largest absolute Gasteiger partial charge is 0.354 e. The third-order valence-electron chi connectivity index (χ3n) is 3.21. The lowest BCUT2D eigenvalue weighted by molar-refractivity contribution is -0.122. The molecule has 22 heavy (non-hydrogen) atoms. The predicted molar refractivity (Wildman–Crippen MR) is 94.4 cm³/mol. The number of halogens is 1. The van der Waals surface area contributed by atoms with Gasteiger partial charge in [0, 0.05) is 18.7 Å². The van der Waals surface area contributed by atoms with Gasteiger partial charge in [0.05, 0.1) is 4.32 Å². The van der Waals surface area contributed by atoms with Crippen molar-refractivity contribution < 1.29 is 9.59 Å². The number of alkyl halides is 1. The Hall–Kier alpha value is -1.36. The molecule has 0 heterocycles. The summed E-state index contributed by atoms with van der Waals surface area (Å²) in [6.45, 7) is 10.3. The Bertz CT molecular complexity index is 525. The van der Waals surface area contributed by atoms with Gasteiger partial charge in [0.1, 0.15) is 0 Å². The van der Waals surface area contributed by atoms with Crippen LogP contribution in [-0.4, -0.2) is 22.7 Å². The Morgan fingerprint density at radius 2 is 1.59 bits per heavy atom. The Labute approximate surface area is 141 Å². The van der Waals surface area contributed by atoms with E-state index in [4.69, 9.17) is 0 Å². The van der Waals surface area contributed by atoms with Crippen LogP contribution in [0.4, 0.5) is 5.69 Å². The predicted octanol–water partition coefficient (Wildman–Crippen LogP) is 3.60. The van der Waals surface area contributed by atoms with Gasteiger partial charge in [0.2, 0.25) is 11.8 Å². The highest BCUT2D eigenvalue weighted by atomic mass is 79.9. The molecule has 1 rings (SSSR count). The van der Waals surface area contributed by atoms with Gasteiger partial charge in [-0.05, 0) is 37.0 Å². The minimum atomic E-state index is -0.619. The number of hydrogen-bond donors (Lipinski definition) is 2. The van der Waals surface area contributed by atoms with E-state index in [1.54, 1.807) is 13.8 Å². The first-order valence-electron chi connectivity index (χ1n) is 7.38. The molecule has 122 valence electrons. The number of carbonyl (C=O) groups is 2. The summed E-state index contributed by atoms with van der Waals surface area (Å²) < 4.78 is -0.619. The summed E-state index contributed by atoms with van der Waals surface area (Å²) in [6, 6.07) is 7.84. The smallest absolute Gasteiger partial charge is 0.236 e. The molecule has 0 radical (unpaired) electrons. The fourth-order valence-electron chi connectivity index (χ4n) is 1.78. The van der Waals surface area contributed by atoms with Crippen LogP contribution in [-0.2, 0) is 15.0 Å². The van der Waals surface area contributed by atoms with E-state index in [9.17, 15) is 9.59 Å². The van der Waals surface area contributed by atoms with Gasteiger partial charge in [0.25, 0.3) is 0 Å². The summed E-state index contributed by atoms with van der Waals surface area (Å²) in [5, 5.41) is 5.55. The summed E-state index contributed by atoms with van der Waals surface area (Å²) in [5.41, 5.74) is 2.08. The second-order valence-corrected chi connectivity index (χ2v) is 8.84. The quantitative estimate of drug-likeness (QED) is 0.780. The van der Waals surface area contributed by atoms with Crippen molar-refractivity contribution in [2.75, 3.05) is 11.9 Å². The normalized spacial score (nSPS) is 11.9. The maximum absolute atomic E-state index is 11.9. The van der Waals surface area contributed by atoms with Crippen molar-refractivity contribution in [1.82, 2.24) is 5.32 Å². The van der Waals surface area contributed by atoms with Crippen molar-refractivity contribution >= 4 is 33.4 Å². The number of rotatable bonds is 5. The molecule has 0 unspecified atom stereocenters. The zero-order chi connectivity index (χ0) is 17.0. The van der Waals surface area contributed by atoms with Gasteiger partial charge < -0.3 is 10.6 Å². The summed E-state index contributed by atoms with van der Waals surface area (Å²) in [7, 11) is 0. The molecule has 5 heteroatoms. The van der Waals surface area contributed by atoms with Gasteiger partial charge in [-0.2, -0.15) is 0 Å². The summed E-state index contributed by atoms with van der Waals surface area (Å²) in [6.07, 6.45) is 0.246. The lowest BCUT2D eigenvalue weighted by Gasteiger charge is -2.19. The third-order valence-corrected chi connectivity index (χ3v) is 3.57. The number of benzene rings is 1. The number of hydrogen-bond acceptors (Lipinski definition) is 2. The van der Waals surface area contributed by atoms with Crippen molar-refractivity contribution in [2.24, 2.45) is 0 Å². The van der Waals surface area contributed by atoms with Crippen LogP contribution in [0.3, 0.4) is 0 Å². The molecule has 0 bridgehead atoms. The van der Waals surface area contributed by atoms with E-state index in [0.717, 1.165) is 5.69 Å². The summed E-state index contributed by atoms with van der Waals surface area (Å²) in [4.78, 5) is 23.5. The van der Waals surface area contributed by atoms with E-state index >= 15 is 0 Å². The fourth-order valence-corrected chi connectivity index (χ4v) is 1.92. The summed E-state index contributed by atoms with van der Waals surface area (Å²) in [5.74, 6) is -0.244. The molecule has 2 amide bonds. The van der Waals surface area contributed by atoms with Crippen molar-refractivity contribution in [1.29, 1.82) is 0 Å². The summed E-state index contributed by atoms with van der Waals surface area (Å²) >= 11 is 3.28. The topological polar surface area (TPSA) is 58.2 Å². The molecule has 2 N–H and O–H groups in total. The first kappa shape index (κ1) is 18.7. The zero-order valence-electron chi connectivity index (χ0n) is 13.9. The molecule has 0 aliphatic heterocycles. The van der Waals surface area contributed by atoms with E-state index < -0.39 is 4.32 Å². The van der Waals surface area contributed by atoms with E-state index in [-0.39, 0.29) is 23.7 Å². The molecule has 0 aliphatic carbocycles. The van der Waals surface area contributed by atoms with Crippen LogP contribution >= 0.6 is 15.9 Å². The van der Waals surface area contributed by atoms with Crippen LogP contribution < -0.4 is 10.6 Å². The molecule has 0 aliphatic rings. The van der Waals surface area contributed by atoms with Crippen molar-refractivity contribution in [3.05, 3.63) is 29.8 Å². The average molecular weight is 369 g/mol. The molecule has 4 nitrogen and oxygen atoms in total. The molecule has 0 saturated carbocycles. The lowest BCUT2D eigenvalue weighted by atomic mass is 9.87. The number of amides is 2. The second kappa shape index (κ2) is 7.27. The molecule has 0 spiro atoms. The van der Waals surface area contributed by atoms with Crippen LogP contribution in [0.1, 0.15) is 46.6 Å². The molecule has 0 saturated heterocycles. The fraction of sp³-hybridized carbons (Fsp3) is 0.529. The van der Waals surface area contributed by atoms with Crippen LogP contribution in [0.15, 0.2) is 24.3 Å². The zero-order valence-corrected chi connectivity index (χ0v) is 15.5. The average Bonchev–Trinajstić information content (AvgIpc) is 2.37. The Morgan fingerprint density at radius 1 is 1.05 bits per heavy atom. The molecule has 0 aromatic heterocycles. The van der Waals surface area contributed by atoms with Gasteiger partial charge >= 0.3 is 0 Å². The monoisotopic (exact) mass is 368 g/mol. The van der Waals surface area contributed by atoms with E-state index in [0.29, 0.717) is 6.54 Å². The van der Waals surface area contributed by atoms with E-state index in [1.807, 2.05) is 24.3 Å². The Morgan fingerprint density at radius 3 is 2.05 bits per heavy atom. The molecular formula is C17H25BrN2O2. The van der Waals surface area contributed by atoms with E-state index in [1.165, 1.54) is 5.56 Å². The third kappa shape index (κ3) is 6.18. The maximum atomic E-state index is 11.9. The van der Waals surface area contributed by atoms with Crippen molar-refractivity contribution in [2.45, 2.75) is 50.8 Å². The highest BCUT2D eigenvalue weighted by Gasteiger charge is 2.22. The van der Waals surface area contributed by atoms with Crippen LogP contribution in [0.25, 0.3) is 0 Å². The van der Waals surface area contributed by atoms with Gasteiger partial charge in [-0.15, -0.1) is 0 Å². The van der Waals surface area contributed by atoms with Gasteiger partial charge in [-0.25, -0.2) is 0 Å². The second-order valence-electron chi connectivity index (χ2n) is 6.85. The van der Waals surface area contributed by atoms with Crippen LogP contribution in [0.5, 0.6) is 0 Å². The van der Waals surface area contributed by atoms with Crippen LogP contribution in [0, 0.1) is 0 Å². The molecular weight excluding hydrogens is 344 g/mol. The van der Waals surface area contributed by atoms with Crippen molar-refractivity contribution in [3.63, 3.8) is 0 Å². The van der Waals surface area contributed by atoms with Crippen molar-refractivity contribution in [3.8, 4) is 0 Å². The lowest BCUT2D eigenvalue weighted by Crippen LogP contribution is -2.38. The minimum Gasteiger partial charge on any atom is -0.354 e. The van der Waals surface area contributed by atoms with Gasteiger partial charge in [-0.1, -0.05) is 48.8 Å². The highest BCUT2D eigenvalue weighted by molar-refractivity contribution is 9.10. The molecule has 0 atom stereocenters. The molecule has 0 fully saturated rings. The van der Waals surface area contributed by atoms with Crippen LogP contribution in [0.2, 0.25) is 0 Å². The minimum absolute atomic E-state index is 0.0926. The van der Waals surface area contributed by atoms with Gasteiger partial charge in [-0.3, -0.25) is 9.59 Å². The standard InChI is InChI=1S/C17H25BrN2O2/c1-16(2,3)12-6-8-13(9-7-12)20-14(21)10-11-19-15(22)17(4,5)18/h6-9H,10-11H2,1-5H3,(H,19,22)(H,20,21). The number of anilines is 1. The molecule has 1 aromatic rings. The first-order valence-corrected chi connectivity index (χ1v) is 8.17. The maximum Gasteiger partial charge on any atom is 0.236 e.